The Kier molecular flexibility index (Phi) is 4.43. The summed E-state index contributed by atoms with van der Waals surface area (Å²) < 4.78 is 4.97. The van der Waals surface area contributed by atoms with Crippen molar-refractivity contribution in [3.8, 4) is 0 Å². The van der Waals surface area contributed by atoms with E-state index < -0.39 is 0 Å². The number of carbonyl (C=O) groups is 2. The molecular weight excluding hydrogens is 280 g/mol. The highest BCUT2D eigenvalue weighted by Crippen LogP contribution is 2.43. The van der Waals surface area contributed by atoms with Gasteiger partial charge in [-0.3, -0.25) is 9.59 Å². The zero-order valence-electron chi connectivity index (χ0n) is 12.8. The molecule has 1 heterocycles. The summed E-state index contributed by atoms with van der Waals surface area (Å²) in [6.07, 6.45) is 2.98. The molecule has 1 N–H and O–H groups in total. The number of likely N-dealkylation sites (tertiary alicyclic amines) is 1. The molecule has 0 radical (unpaired) electrons. The van der Waals surface area contributed by atoms with Crippen LogP contribution < -0.4 is 5.32 Å². The Bertz CT molecular complexity index is 546. The highest BCUT2D eigenvalue weighted by Gasteiger charge is 2.51. The highest BCUT2D eigenvalue weighted by molar-refractivity contribution is 5.98. The van der Waals surface area contributed by atoms with E-state index in [9.17, 15) is 9.59 Å². The molecule has 1 aromatic carbocycles. The first-order valence-electron chi connectivity index (χ1n) is 7.86. The molecule has 0 spiro atoms. The van der Waals surface area contributed by atoms with Crippen LogP contribution in [-0.4, -0.2) is 49.1 Å². The van der Waals surface area contributed by atoms with Crippen LogP contribution in [0.4, 0.5) is 0 Å². The van der Waals surface area contributed by atoms with Gasteiger partial charge in [0.05, 0.1) is 6.61 Å². The Morgan fingerprint density at radius 2 is 2.05 bits per heavy atom. The largest absolute Gasteiger partial charge is 0.383 e. The molecule has 2 bridgehead atoms. The van der Waals surface area contributed by atoms with E-state index in [2.05, 4.69) is 5.32 Å². The van der Waals surface area contributed by atoms with Gasteiger partial charge >= 0.3 is 0 Å². The van der Waals surface area contributed by atoms with Gasteiger partial charge in [0, 0.05) is 25.3 Å². The van der Waals surface area contributed by atoms with Gasteiger partial charge in [0.25, 0.3) is 5.91 Å². The third-order valence-electron chi connectivity index (χ3n) is 4.71. The Morgan fingerprint density at radius 3 is 2.77 bits per heavy atom. The van der Waals surface area contributed by atoms with Gasteiger partial charge in [-0.05, 0) is 37.3 Å². The molecule has 2 fully saturated rings. The van der Waals surface area contributed by atoms with E-state index in [0.717, 1.165) is 19.3 Å². The molecule has 0 unspecified atom stereocenters. The third-order valence-corrected chi connectivity index (χ3v) is 4.71. The van der Waals surface area contributed by atoms with Gasteiger partial charge in [-0.25, -0.2) is 0 Å². The summed E-state index contributed by atoms with van der Waals surface area (Å²) in [5.41, 5.74) is 0.657. The average molecular weight is 302 g/mol. The van der Waals surface area contributed by atoms with Gasteiger partial charge in [0.15, 0.2) is 0 Å². The molecule has 3 atom stereocenters. The normalized spacial score (nSPS) is 26.2. The molecule has 2 aliphatic rings. The Balaban J connectivity index is 1.76. The second-order valence-corrected chi connectivity index (χ2v) is 6.03. The Labute approximate surface area is 130 Å². The number of nitrogens with one attached hydrogen (secondary N) is 1. The number of hydrogen-bond acceptors (Lipinski definition) is 3. The van der Waals surface area contributed by atoms with E-state index in [-0.39, 0.29) is 23.9 Å². The molecule has 22 heavy (non-hydrogen) atoms. The summed E-state index contributed by atoms with van der Waals surface area (Å²) in [5, 5.41) is 2.89. The quantitative estimate of drug-likeness (QED) is 0.837. The molecule has 1 aliphatic heterocycles. The van der Waals surface area contributed by atoms with Crippen molar-refractivity contribution in [3.05, 3.63) is 35.9 Å². The van der Waals surface area contributed by atoms with Crippen LogP contribution in [0.15, 0.2) is 30.3 Å². The lowest BCUT2D eigenvalue weighted by atomic mass is 9.97. The van der Waals surface area contributed by atoms with E-state index in [4.69, 9.17) is 4.74 Å². The summed E-state index contributed by atoms with van der Waals surface area (Å²) >= 11 is 0. The van der Waals surface area contributed by atoms with Crippen LogP contribution in [0.2, 0.25) is 0 Å². The maximum atomic E-state index is 12.8. The lowest BCUT2D eigenvalue weighted by molar-refractivity contribution is -0.127. The standard InChI is InChI=1S/C17H22N2O3/c1-22-10-9-18-16(20)15-13-7-8-14(11-13)19(15)17(21)12-5-3-2-4-6-12/h2-6,13-15H,7-11H2,1H3,(H,18,20)/t13-,14-,15+/m0/s1. The van der Waals surface area contributed by atoms with Crippen LogP contribution in [0, 0.1) is 5.92 Å². The van der Waals surface area contributed by atoms with Crippen LogP contribution >= 0.6 is 0 Å². The van der Waals surface area contributed by atoms with E-state index in [1.165, 1.54) is 0 Å². The van der Waals surface area contributed by atoms with Crippen LogP contribution in [0.5, 0.6) is 0 Å². The van der Waals surface area contributed by atoms with Gasteiger partial charge in [-0.15, -0.1) is 0 Å². The van der Waals surface area contributed by atoms with Gasteiger partial charge in [-0.2, -0.15) is 0 Å². The number of nitrogens with zero attached hydrogens (tertiary/aromatic N) is 1. The molecule has 118 valence electrons. The number of fused-ring (bicyclic) bond motifs is 2. The van der Waals surface area contributed by atoms with Crippen LogP contribution in [-0.2, 0) is 9.53 Å². The molecule has 5 nitrogen and oxygen atoms in total. The van der Waals surface area contributed by atoms with Crippen LogP contribution in [0.25, 0.3) is 0 Å². The average Bonchev–Trinajstić information content (AvgIpc) is 3.16. The first-order chi connectivity index (χ1) is 10.7. The molecule has 2 amide bonds. The number of benzene rings is 1. The monoisotopic (exact) mass is 302 g/mol. The van der Waals surface area contributed by atoms with Crippen molar-refractivity contribution in [1.29, 1.82) is 0 Å². The molecule has 1 saturated heterocycles. The maximum absolute atomic E-state index is 12.8. The minimum Gasteiger partial charge on any atom is -0.383 e. The second-order valence-electron chi connectivity index (χ2n) is 6.03. The molecule has 0 aromatic heterocycles. The van der Waals surface area contributed by atoms with Crippen molar-refractivity contribution in [3.63, 3.8) is 0 Å². The molecule has 1 saturated carbocycles. The molecule has 1 aromatic rings. The lowest BCUT2D eigenvalue weighted by Crippen LogP contribution is -2.53. The number of methoxy groups -OCH3 is 1. The first kappa shape index (κ1) is 15.0. The van der Waals surface area contributed by atoms with Gasteiger partial charge in [0.1, 0.15) is 6.04 Å². The van der Waals surface area contributed by atoms with Crippen molar-refractivity contribution < 1.29 is 14.3 Å². The number of ether oxygens (including phenoxy) is 1. The first-order valence-corrected chi connectivity index (χ1v) is 7.86. The molecule has 1 aliphatic carbocycles. The second kappa shape index (κ2) is 6.48. The fourth-order valence-electron chi connectivity index (χ4n) is 3.73. The fraction of sp³-hybridized carbons (Fsp3) is 0.529. The van der Waals surface area contributed by atoms with Crippen LogP contribution in [0.1, 0.15) is 29.6 Å². The predicted octanol–water partition coefficient (Wildman–Crippen LogP) is 1.44. The van der Waals surface area contributed by atoms with Crippen molar-refractivity contribution in [2.24, 2.45) is 5.92 Å². The molecule has 5 heteroatoms. The fourth-order valence-corrected chi connectivity index (χ4v) is 3.73. The summed E-state index contributed by atoms with van der Waals surface area (Å²) in [7, 11) is 1.61. The third kappa shape index (κ3) is 2.73. The van der Waals surface area contributed by atoms with E-state index in [0.29, 0.717) is 24.6 Å². The Hall–Kier alpha value is -1.88. The number of rotatable bonds is 5. The summed E-state index contributed by atoms with van der Waals surface area (Å²) in [4.78, 5) is 27.1. The van der Waals surface area contributed by atoms with Crippen molar-refractivity contribution in [2.45, 2.75) is 31.3 Å². The zero-order valence-corrected chi connectivity index (χ0v) is 12.8. The van der Waals surface area contributed by atoms with Gasteiger partial charge in [0.2, 0.25) is 5.91 Å². The lowest BCUT2D eigenvalue weighted by Gasteiger charge is -2.34. The zero-order chi connectivity index (χ0) is 15.5. The number of piperidine rings is 1. The maximum Gasteiger partial charge on any atom is 0.254 e. The summed E-state index contributed by atoms with van der Waals surface area (Å²) in [5.74, 6) is 0.216. The molecular formula is C17H22N2O3. The van der Waals surface area contributed by atoms with Crippen LogP contribution in [0.3, 0.4) is 0 Å². The smallest absolute Gasteiger partial charge is 0.254 e. The predicted molar refractivity (Wildman–Crippen MR) is 82.4 cm³/mol. The minimum absolute atomic E-state index is 0.0281. The summed E-state index contributed by atoms with van der Waals surface area (Å²) in [6, 6.07) is 9.11. The topological polar surface area (TPSA) is 58.6 Å². The van der Waals surface area contributed by atoms with E-state index in [1.807, 2.05) is 35.2 Å². The van der Waals surface area contributed by atoms with Gasteiger partial charge < -0.3 is 15.0 Å². The highest BCUT2D eigenvalue weighted by atomic mass is 16.5. The van der Waals surface area contributed by atoms with E-state index in [1.54, 1.807) is 7.11 Å². The van der Waals surface area contributed by atoms with Gasteiger partial charge in [-0.1, -0.05) is 18.2 Å². The Morgan fingerprint density at radius 1 is 1.27 bits per heavy atom. The molecule has 3 rings (SSSR count). The number of amides is 2. The SMILES string of the molecule is COCCNC(=O)[C@H]1[C@H]2CC[C@@H](C2)N1C(=O)c1ccccc1. The number of hydrogen-bond donors (Lipinski definition) is 1. The van der Waals surface area contributed by atoms with Crippen molar-refractivity contribution in [1.82, 2.24) is 10.2 Å². The number of carbonyl (C=O) groups excluding carboxylic acids is 2. The summed E-state index contributed by atoms with van der Waals surface area (Å²) in [6.45, 7) is 0.968. The van der Waals surface area contributed by atoms with Crippen molar-refractivity contribution >= 4 is 11.8 Å². The van der Waals surface area contributed by atoms with Crippen molar-refractivity contribution in [2.75, 3.05) is 20.3 Å². The minimum atomic E-state index is -0.330. The van der Waals surface area contributed by atoms with E-state index >= 15 is 0 Å².